The highest BCUT2D eigenvalue weighted by atomic mass is 16.5. The standard InChI is InChI=1S/C10H14N4O/c1-15-7-9-4-2-8(3-5-9)6-13-14-10(11)12/h2-6H,7H2,1H3,(H4,11,12,14). The molecule has 0 aliphatic rings. The second-order valence-electron chi connectivity index (χ2n) is 2.94. The van der Waals surface area contributed by atoms with Crippen LogP contribution in [0.3, 0.4) is 0 Å². The van der Waals surface area contributed by atoms with Crippen LogP contribution >= 0.6 is 0 Å². The van der Waals surface area contributed by atoms with Gasteiger partial charge in [-0.25, -0.2) is 0 Å². The molecular formula is C10H14N4O. The second kappa shape index (κ2) is 5.77. The summed E-state index contributed by atoms with van der Waals surface area (Å²) in [7, 11) is 1.66. The molecule has 0 saturated carbocycles. The van der Waals surface area contributed by atoms with Gasteiger partial charge in [0.2, 0.25) is 5.96 Å². The zero-order valence-electron chi connectivity index (χ0n) is 8.55. The van der Waals surface area contributed by atoms with Gasteiger partial charge in [0, 0.05) is 7.11 Å². The summed E-state index contributed by atoms with van der Waals surface area (Å²) in [5.74, 6) is -0.0535. The summed E-state index contributed by atoms with van der Waals surface area (Å²) in [5, 5.41) is 7.19. The lowest BCUT2D eigenvalue weighted by atomic mass is 10.1. The average molecular weight is 206 g/mol. The third-order valence-electron chi connectivity index (χ3n) is 1.67. The van der Waals surface area contributed by atoms with E-state index in [2.05, 4.69) is 10.2 Å². The highest BCUT2D eigenvalue weighted by molar-refractivity contribution is 5.81. The SMILES string of the molecule is COCc1ccc(C=NN=C(N)N)cc1. The summed E-state index contributed by atoms with van der Waals surface area (Å²) in [4.78, 5) is 0. The van der Waals surface area contributed by atoms with Crippen LogP contribution in [-0.4, -0.2) is 19.3 Å². The van der Waals surface area contributed by atoms with Gasteiger partial charge in [0.15, 0.2) is 0 Å². The number of rotatable bonds is 4. The first-order valence-corrected chi connectivity index (χ1v) is 4.42. The van der Waals surface area contributed by atoms with Crippen LogP contribution in [0.2, 0.25) is 0 Å². The van der Waals surface area contributed by atoms with Crippen LogP contribution in [0.5, 0.6) is 0 Å². The van der Waals surface area contributed by atoms with Gasteiger partial charge in [0.05, 0.1) is 12.8 Å². The largest absolute Gasteiger partial charge is 0.380 e. The van der Waals surface area contributed by atoms with E-state index in [0.717, 1.165) is 11.1 Å². The molecule has 0 bridgehead atoms. The molecule has 0 fully saturated rings. The Morgan fingerprint density at radius 1 is 1.33 bits per heavy atom. The molecule has 0 unspecified atom stereocenters. The summed E-state index contributed by atoms with van der Waals surface area (Å²) >= 11 is 0. The fraction of sp³-hybridized carbons (Fsp3) is 0.200. The van der Waals surface area contributed by atoms with Gasteiger partial charge in [0.1, 0.15) is 0 Å². The molecule has 0 aliphatic heterocycles. The van der Waals surface area contributed by atoms with Crippen LogP contribution in [0.15, 0.2) is 34.5 Å². The Morgan fingerprint density at radius 2 is 2.00 bits per heavy atom. The van der Waals surface area contributed by atoms with Gasteiger partial charge >= 0.3 is 0 Å². The molecular weight excluding hydrogens is 192 g/mol. The van der Waals surface area contributed by atoms with Crippen LogP contribution in [0, 0.1) is 0 Å². The first-order valence-electron chi connectivity index (χ1n) is 4.42. The van der Waals surface area contributed by atoms with Crippen molar-refractivity contribution in [1.29, 1.82) is 0 Å². The number of ether oxygens (including phenoxy) is 1. The van der Waals surface area contributed by atoms with Crippen molar-refractivity contribution in [3.63, 3.8) is 0 Å². The predicted molar refractivity (Wildman–Crippen MR) is 60.6 cm³/mol. The van der Waals surface area contributed by atoms with E-state index in [9.17, 15) is 0 Å². The molecule has 0 heterocycles. The van der Waals surface area contributed by atoms with Crippen molar-refractivity contribution in [1.82, 2.24) is 0 Å². The summed E-state index contributed by atoms with van der Waals surface area (Å²) in [6, 6.07) is 7.75. The molecule has 1 aromatic rings. The van der Waals surface area contributed by atoms with Crippen molar-refractivity contribution in [3.8, 4) is 0 Å². The molecule has 1 aromatic carbocycles. The quantitative estimate of drug-likeness (QED) is 0.426. The lowest BCUT2D eigenvalue weighted by Crippen LogP contribution is -2.21. The van der Waals surface area contributed by atoms with Crippen molar-refractivity contribution in [2.24, 2.45) is 21.7 Å². The molecule has 0 radical (unpaired) electrons. The molecule has 0 aliphatic carbocycles. The average Bonchev–Trinajstić information content (AvgIpc) is 2.20. The van der Waals surface area contributed by atoms with Gasteiger partial charge < -0.3 is 16.2 Å². The van der Waals surface area contributed by atoms with Crippen LogP contribution in [0.1, 0.15) is 11.1 Å². The van der Waals surface area contributed by atoms with E-state index in [1.807, 2.05) is 24.3 Å². The summed E-state index contributed by atoms with van der Waals surface area (Å²) in [5.41, 5.74) is 12.3. The molecule has 0 saturated heterocycles. The Hall–Kier alpha value is -1.88. The molecule has 5 heteroatoms. The molecule has 80 valence electrons. The maximum Gasteiger partial charge on any atom is 0.211 e. The van der Waals surface area contributed by atoms with Gasteiger partial charge in [-0.2, -0.15) is 5.10 Å². The highest BCUT2D eigenvalue weighted by Crippen LogP contribution is 2.03. The minimum absolute atomic E-state index is 0.0535. The molecule has 1 rings (SSSR count). The number of methoxy groups -OCH3 is 1. The van der Waals surface area contributed by atoms with E-state index in [1.54, 1.807) is 13.3 Å². The van der Waals surface area contributed by atoms with E-state index >= 15 is 0 Å². The van der Waals surface area contributed by atoms with Gasteiger partial charge in [0.25, 0.3) is 0 Å². The van der Waals surface area contributed by atoms with Gasteiger partial charge in [-0.1, -0.05) is 24.3 Å². The maximum atomic E-state index is 5.12. The topological polar surface area (TPSA) is 86.0 Å². The van der Waals surface area contributed by atoms with E-state index in [4.69, 9.17) is 16.2 Å². The van der Waals surface area contributed by atoms with Crippen molar-refractivity contribution >= 4 is 12.2 Å². The molecule has 0 spiro atoms. The maximum absolute atomic E-state index is 5.12. The summed E-state index contributed by atoms with van der Waals surface area (Å²) in [6.07, 6.45) is 1.58. The number of benzene rings is 1. The van der Waals surface area contributed by atoms with Crippen LogP contribution in [-0.2, 0) is 11.3 Å². The molecule has 0 amide bonds. The smallest absolute Gasteiger partial charge is 0.211 e. The monoisotopic (exact) mass is 206 g/mol. The van der Waals surface area contributed by atoms with Crippen LogP contribution < -0.4 is 11.5 Å². The number of hydrogen-bond acceptors (Lipinski definition) is 3. The Morgan fingerprint density at radius 3 is 2.53 bits per heavy atom. The predicted octanol–water partition coefficient (Wildman–Crippen LogP) is 0.440. The molecule has 0 atom stereocenters. The Kier molecular flexibility index (Phi) is 4.30. The zero-order chi connectivity index (χ0) is 11.1. The van der Waals surface area contributed by atoms with Gasteiger partial charge in [-0.05, 0) is 11.1 Å². The number of nitrogens with two attached hydrogens (primary N) is 2. The summed E-state index contributed by atoms with van der Waals surface area (Å²) < 4.78 is 4.99. The lowest BCUT2D eigenvalue weighted by molar-refractivity contribution is 0.185. The molecule has 5 nitrogen and oxygen atoms in total. The third-order valence-corrected chi connectivity index (χ3v) is 1.67. The third kappa shape index (κ3) is 4.24. The van der Waals surface area contributed by atoms with Crippen LogP contribution in [0.25, 0.3) is 0 Å². The zero-order valence-corrected chi connectivity index (χ0v) is 8.55. The second-order valence-corrected chi connectivity index (χ2v) is 2.94. The number of nitrogens with zero attached hydrogens (tertiary/aromatic N) is 2. The Labute approximate surface area is 88.4 Å². The summed E-state index contributed by atoms with van der Waals surface area (Å²) in [6.45, 7) is 0.603. The van der Waals surface area contributed by atoms with Gasteiger partial charge in [-0.15, -0.1) is 5.10 Å². The number of guanidine groups is 1. The molecule has 0 aromatic heterocycles. The van der Waals surface area contributed by atoms with E-state index in [-0.39, 0.29) is 5.96 Å². The van der Waals surface area contributed by atoms with E-state index in [0.29, 0.717) is 6.61 Å². The lowest BCUT2D eigenvalue weighted by Gasteiger charge is -1.98. The van der Waals surface area contributed by atoms with Crippen molar-refractivity contribution < 1.29 is 4.74 Å². The Bertz CT molecular complexity index is 352. The van der Waals surface area contributed by atoms with Crippen LogP contribution in [0.4, 0.5) is 0 Å². The van der Waals surface area contributed by atoms with Crippen molar-refractivity contribution in [2.45, 2.75) is 6.61 Å². The molecule has 4 N–H and O–H groups in total. The normalized spacial score (nSPS) is 10.5. The number of hydrogen-bond donors (Lipinski definition) is 2. The highest BCUT2D eigenvalue weighted by Gasteiger charge is 1.91. The minimum Gasteiger partial charge on any atom is -0.380 e. The van der Waals surface area contributed by atoms with E-state index < -0.39 is 0 Å². The molecule has 15 heavy (non-hydrogen) atoms. The van der Waals surface area contributed by atoms with Crippen molar-refractivity contribution in [2.75, 3.05) is 7.11 Å². The first-order chi connectivity index (χ1) is 7.22. The minimum atomic E-state index is -0.0535. The first kappa shape index (κ1) is 11.2. The van der Waals surface area contributed by atoms with E-state index in [1.165, 1.54) is 0 Å². The Balaban J connectivity index is 2.64. The fourth-order valence-electron chi connectivity index (χ4n) is 1.03. The fourth-order valence-corrected chi connectivity index (χ4v) is 1.03. The van der Waals surface area contributed by atoms with Crippen molar-refractivity contribution in [3.05, 3.63) is 35.4 Å². The van der Waals surface area contributed by atoms with Gasteiger partial charge in [-0.3, -0.25) is 0 Å².